The van der Waals surface area contributed by atoms with Gasteiger partial charge in [0.2, 0.25) is 0 Å². The summed E-state index contributed by atoms with van der Waals surface area (Å²) in [6.45, 7) is 1.11. The van der Waals surface area contributed by atoms with E-state index in [-0.39, 0.29) is 43.1 Å². The minimum absolute atomic E-state index is 0.000352. The highest BCUT2D eigenvalue weighted by atomic mass is 19.3. The molecule has 0 aliphatic carbocycles. The molecule has 8 rings (SSSR count). The first-order chi connectivity index (χ1) is 25.5. The van der Waals surface area contributed by atoms with Crippen LogP contribution in [-0.2, 0) is 30.1 Å². The summed E-state index contributed by atoms with van der Waals surface area (Å²) < 4.78 is 58.1. The van der Waals surface area contributed by atoms with Crippen LogP contribution in [0.25, 0.3) is 33.3 Å². The van der Waals surface area contributed by atoms with Gasteiger partial charge in [-0.25, -0.2) is 19.3 Å². The van der Waals surface area contributed by atoms with E-state index in [1.807, 2.05) is 38.5 Å². The van der Waals surface area contributed by atoms with E-state index < -0.39 is 23.8 Å². The molecule has 12 nitrogen and oxygen atoms in total. The quantitative estimate of drug-likeness (QED) is 0.202. The molecule has 1 fully saturated rings. The Morgan fingerprint density at radius 2 is 1.74 bits per heavy atom. The maximum Gasteiger partial charge on any atom is 0.387 e. The number of aliphatic hydroxyl groups is 1. The van der Waals surface area contributed by atoms with E-state index in [4.69, 9.17) is 14.5 Å². The van der Waals surface area contributed by atoms with Crippen LogP contribution in [0.4, 0.5) is 13.2 Å². The molecule has 0 radical (unpaired) electrons. The first kappa shape index (κ1) is 34.4. The van der Waals surface area contributed by atoms with Crippen molar-refractivity contribution in [1.82, 2.24) is 39.2 Å². The molecule has 6 heterocycles. The van der Waals surface area contributed by atoms with Gasteiger partial charge in [0.05, 0.1) is 36.4 Å². The number of halogens is 3. The number of fused-ring (bicyclic) bond motifs is 4. The number of carbonyl (C=O) groups is 1. The molecule has 2 aliphatic heterocycles. The van der Waals surface area contributed by atoms with Crippen LogP contribution >= 0.6 is 0 Å². The number of ether oxygens (including phenoxy) is 2. The minimum Gasteiger partial charge on any atom is -0.431 e. The van der Waals surface area contributed by atoms with E-state index in [0.717, 1.165) is 5.56 Å². The Morgan fingerprint density at radius 3 is 2.45 bits per heavy atom. The topological polar surface area (TPSA) is 133 Å². The molecular formula is C38H35F3N8O4. The lowest BCUT2D eigenvalue weighted by atomic mass is 9.95. The van der Waals surface area contributed by atoms with Crippen molar-refractivity contribution in [3.8, 4) is 28.0 Å². The molecule has 2 aromatic carbocycles. The molecule has 0 atom stereocenters. The molecule has 1 amide bonds. The Labute approximate surface area is 301 Å². The van der Waals surface area contributed by atoms with Gasteiger partial charge in [0, 0.05) is 66.3 Å². The van der Waals surface area contributed by atoms with E-state index in [9.17, 15) is 18.7 Å². The van der Waals surface area contributed by atoms with Crippen molar-refractivity contribution in [2.75, 3.05) is 13.1 Å². The van der Waals surface area contributed by atoms with E-state index in [2.05, 4.69) is 20.1 Å². The number of aromatic nitrogens is 7. The number of piperidine rings is 1. The summed E-state index contributed by atoms with van der Waals surface area (Å²) in [5.41, 5.74) is 3.88. The van der Waals surface area contributed by atoms with Crippen LogP contribution in [0.5, 0.6) is 5.75 Å². The smallest absolute Gasteiger partial charge is 0.387 e. The average molecular weight is 725 g/mol. The van der Waals surface area contributed by atoms with Gasteiger partial charge in [0.15, 0.2) is 17.4 Å². The third-order valence-corrected chi connectivity index (χ3v) is 9.78. The summed E-state index contributed by atoms with van der Waals surface area (Å²) in [5.74, 6) is -0.730. The van der Waals surface area contributed by atoms with Gasteiger partial charge in [-0.15, -0.1) is 0 Å². The van der Waals surface area contributed by atoms with Gasteiger partial charge >= 0.3 is 6.61 Å². The van der Waals surface area contributed by atoms with Crippen LogP contribution in [-0.4, -0.2) is 69.9 Å². The highest BCUT2D eigenvalue weighted by molar-refractivity contribution is 5.94. The third kappa shape index (κ3) is 6.73. The van der Waals surface area contributed by atoms with Gasteiger partial charge in [-0.2, -0.15) is 13.9 Å². The number of likely N-dealkylation sites (tertiary alicyclic amines) is 1. The molecule has 4 aromatic heterocycles. The first-order valence-corrected chi connectivity index (χ1v) is 17.2. The van der Waals surface area contributed by atoms with Crippen LogP contribution in [0.15, 0.2) is 73.6 Å². The molecule has 6 aromatic rings. The number of rotatable bonds is 7. The summed E-state index contributed by atoms with van der Waals surface area (Å²) in [6.07, 6.45) is 11.2. The van der Waals surface area contributed by atoms with Gasteiger partial charge in [0.1, 0.15) is 18.0 Å². The number of carbonyl (C=O) groups excluding carboxylic acids is 1. The fraction of sp³-hybridized carbons (Fsp3) is 0.316. The monoisotopic (exact) mass is 724 g/mol. The Balaban J connectivity index is 1.12. The molecule has 15 heteroatoms. The number of benzene rings is 2. The second-order valence-corrected chi connectivity index (χ2v) is 13.7. The number of nitrogens with zero attached hydrogens (tertiary/aromatic N) is 8. The zero-order valence-corrected chi connectivity index (χ0v) is 28.9. The second kappa shape index (κ2) is 13.7. The molecular weight excluding hydrogens is 689 g/mol. The molecule has 53 heavy (non-hydrogen) atoms. The summed E-state index contributed by atoms with van der Waals surface area (Å²) in [6, 6.07) is 10.2. The summed E-state index contributed by atoms with van der Waals surface area (Å²) in [4.78, 5) is 32.1. The van der Waals surface area contributed by atoms with Gasteiger partial charge in [-0.05, 0) is 73.7 Å². The van der Waals surface area contributed by atoms with Crippen LogP contribution in [0.2, 0.25) is 0 Å². The largest absolute Gasteiger partial charge is 0.431 e. The molecule has 0 saturated carbocycles. The Bertz CT molecular complexity index is 2300. The normalized spacial score (nSPS) is 15.3. The fourth-order valence-corrected chi connectivity index (χ4v) is 7.05. The van der Waals surface area contributed by atoms with Gasteiger partial charge < -0.3 is 24.0 Å². The maximum absolute atomic E-state index is 15.9. The van der Waals surface area contributed by atoms with Crippen molar-refractivity contribution in [3.63, 3.8) is 0 Å². The summed E-state index contributed by atoms with van der Waals surface area (Å²) >= 11 is 0. The highest BCUT2D eigenvalue weighted by Crippen LogP contribution is 2.39. The molecule has 1 saturated heterocycles. The molecule has 272 valence electrons. The van der Waals surface area contributed by atoms with Crippen molar-refractivity contribution in [1.29, 1.82) is 0 Å². The van der Waals surface area contributed by atoms with E-state index in [0.29, 0.717) is 70.6 Å². The number of imidazole rings is 1. The number of hydrogen-bond acceptors (Lipinski definition) is 9. The third-order valence-electron chi connectivity index (χ3n) is 9.78. The number of alkyl halides is 2. The molecule has 0 bridgehead atoms. The Morgan fingerprint density at radius 1 is 0.981 bits per heavy atom. The van der Waals surface area contributed by atoms with Crippen LogP contribution in [0.1, 0.15) is 65.9 Å². The van der Waals surface area contributed by atoms with Crippen molar-refractivity contribution >= 4 is 16.9 Å². The van der Waals surface area contributed by atoms with Gasteiger partial charge in [-0.1, -0.05) is 6.07 Å². The van der Waals surface area contributed by atoms with Crippen LogP contribution in [0.3, 0.4) is 0 Å². The summed E-state index contributed by atoms with van der Waals surface area (Å²) in [7, 11) is 0. The second-order valence-electron chi connectivity index (χ2n) is 13.7. The number of amides is 1. The predicted molar refractivity (Wildman–Crippen MR) is 186 cm³/mol. The standard InChI is InChI=1S/C38H35F3N8O4/c1-38(2,51)36-43-15-24(16-44-36)23-3-4-31-32(13-23)48-19-28-29(20-52-21-33(48)46-31)27(14-30(39)34(28)53-37(40)41)25-17-45-49(18-25)26-7-11-47(12-8-26)35(50)22-5-9-42-10-6-22/h3-6,9-10,13-18,26,37,51H,7-8,11-12,19-21H2,1-2H3. The SMILES string of the molecule is CC(C)(O)c1ncc(-c2ccc3nc4n(c3c2)Cc2c(c(-c3cnn(C5CCN(C(=O)c6ccncc6)CC5)c3)cc(F)c2OC(F)F)COC4)cn1. The van der Waals surface area contributed by atoms with Crippen LogP contribution in [0, 0.1) is 5.82 Å². The highest BCUT2D eigenvalue weighted by Gasteiger charge is 2.29. The predicted octanol–water partition coefficient (Wildman–Crippen LogP) is 6.28. The lowest BCUT2D eigenvalue weighted by Gasteiger charge is -2.32. The Kier molecular flexibility index (Phi) is 8.90. The molecule has 0 spiro atoms. The summed E-state index contributed by atoms with van der Waals surface area (Å²) in [5, 5.41) is 14.9. The fourth-order valence-electron chi connectivity index (χ4n) is 7.05. The zero-order chi connectivity index (χ0) is 36.9. The lowest BCUT2D eigenvalue weighted by Crippen LogP contribution is -2.39. The number of pyridine rings is 1. The lowest BCUT2D eigenvalue weighted by molar-refractivity contribution is -0.0531. The van der Waals surface area contributed by atoms with Gasteiger partial charge in [0.25, 0.3) is 5.91 Å². The van der Waals surface area contributed by atoms with E-state index in [1.165, 1.54) is 6.07 Å². The van der Waals surface area contributed by atoms with Crippen molar-refractivity contribution in [3.05, 3.63) is 108 Å². The van der Waals surface area contributed by atoms with E-state index in [1.54, 1.807) is 57.0 Å². The van der Waals surface area contributed by atoms with Crippen molar-refractivity contribution < 1.29 is 32.5 Å². The molecule has 1 N–H and O–H groups in total. The molecule has 0 unspecified atom stereocenters. The number of hydrogen-bond donors (Lipinski definition) is 1. The van der Waals surface area contributed by atoms with Crippen molar-refractivity contribution in [2.24, 2.45) is 0 Å². The molecule has 2 aliphatic rings. The first-order valence-electron chi connectivity index (χ1n) is 17.2. The minimum atomic E-state index is -3.26. The average Bonchev–Trinajstić information content (AvgIpc) is 3.77. The maximum atomic E-state index is 15.9. The van der Waals surface area contributed by atoms with Gasteiger partial charge in [-0.3, -0.25) is 14.5 Å². The van der Waals surface area contributed by atoms with Crippen LogP contribution < -0.4 is 4.74 Å². The van der Waals surface area contributed by atoms with E-state index >= 15 is 4.39 Å². The zero-order valence-electron chi connectivity index (χ0n) is 28.9. The van der Waals surface area contributed by atoms with Crippen molar-refractivity contribution in [2.45, 2.75) is 64.7 Å². The Hall–Kier alpha value is -5.67.